The molecule has 15 heavy (non-hydrogen) atoms. The van der Waals surface area contributed by atoms with Crippen LogP contribution in [0.4, 0.5) is 0 Å². The van der Waals surface area contributed by atoms with Gasteiger partial charge in [0.15, 0.2) is 0 Å². The summed E-state index contributed by atoms with van der Waals surface area (Å²) in [6, 6.07) is 0. The van der Waals surface area contributed by atoms with Gasteiger partial charge in [-0.05, 0) is 39.5 Å². The van der Waals surface area contributed by atoms with Gasteiger partial charge in [0.2, 0.25) is 0 Å². The van der Waals surface area contributed by atoms with Crippen molar-refractivity contribution < 1.29 is 4.74 Å². The van der Waals surface area contributed by atoms with E-state index in [1.165, 1.54) is 36.8 Å². The van der Waals surface area contributed by atoms with E-state index >= 15 is 0 Å². The molecule has 0 unspecified atom stereocenters. The SMILES string of the molecule is C=C(C)CCCC(C)=CCOCCCC. The highest BCUT2D eigenvalue weighted by atomic mass is 16.5. The lowest BCUT2D eigenvalue weighted by Gasteiger charge is -2.03. The standard InChI is InChI=1S/C14H26O/c1-5-6-11-15-12-10-14(4)9-7-8-13(2)3/h10H,2,5-9,11-12H2,1,3-4H3. The largest absolute Gasteiger partial charge is 0.377 e. The van der Waals surface area contributed by atoms with Crippen LogP contribution in [-0.4, -0.2) is 13.2 Å². The van der Waals surface area contributed by atoms with E-state index in [0.717, 1.165) is 19.6 Å². The normalized spacial score (nSPS) is 11.8. The fraction of sp³-hybridized carbons (Fsp3) is 0.714. The molecule has 0 aliphatic heterocycles. The molecule has 0 radical (unpaired) electrons. The topological polar surface area (TPSA) is 9.23 Å². The highest BCUT2D eigenvalue weighted by Gasteiger charge is 1.92. The number of unbranched alkanes of at least 4 members (excludes halogenated alkanes) is 1. The molecule has 0 heterocycles. The van der Waals surface area contributed by atoms with Crippen LogP contribution in [0.25, 0.3) is 0 Å². The van der Waals surface area contributed by atoms with E-state index in [2.05, 4.69) is 33.4 Å². The van der Waals surface area contributed by atoms with Crippen LogP contribution in [0.5, 0.6) is 0 Å². The van der Waals surface area contributed by atoms with Gasteiger partial charge in [-0.1, -0.05) is 30.6 Å². The summed E-state index contributed by atoms with van der Waals surface area (Å²) in [6.45, 7) is 12.0. The Bertz CT molecular complexity index is 192. The van der Waals surface area contributed by atoms with Crippen LogP contribution in [0.3, 0.4) is 0 Å². The quantitative estimate of drug-likeness (QED) is 0.402. The van der Waals surface area contributed by atoms with E-state index in [1.54, 1.807) is 0 Å². The van der Waals surface area contributed by atoms with Crippen molar-refractivity contribution in [2.75, 3.05) is 13.2 Å². The van der Waals surface area contributed by atoms with Gasteiger partial charge < -0.3 is 4.74 Å². The Kier molecular flexibility index (Phi) is 9.60. The minimum atomic E-state index is 0.777. The molecule has 0 saturated heterocycles. The summed E-state index contributed by atoms with van der Waals surface area (Å²) in [5.41, 5.74) is 2.72. The number of rotatable bonds is 9. The van der Waals surface area contributed by atoms with Crippen LogP contribution in [0.15, 0.2) is 23.8 Å². The van der Waals surface area contributed by atoms with E-state index < -0.39 is 0 Å². The van der Waals surface area contributed by atoms with Gasteiger partial charge in [0, 0.05) is 6.61 Å². The van der Waals surface area contributed by atoms with E-state index in [4.69, 9.17) is 4.74 Å². The van der Waals surface area contributed by atoms with Crippen molar-refractivity contribution >= 4 is 0 Å². The second-order valence-corrected chi connectivity index (χ2v) is 4.29. The third-order valence-electron chi connectivity index (χ3n) is 2.37. The molecule has 0 aliphatic carbocycles. The fourth-order valence-corrected chi connectivity index (χ4v) is 1.30. The first-order valence-electron chi connectivity index (χ1n) is 6.04. The van der Waals surface area contributed by atoms with Crippen molar-refractivity contribution in [1.82, 2.24) is 0 Å². The molecule has 0 atom stereocenters. The third-order valence-corrected chi connectivity index (χ3v) is 2.37. The summed E-state index contributed by atoms with van der Waals surface area (Å²) >= 11 is 0. The summed E-state index contributed by atoms with van der Waals surface area (Å²) in [6.07, 6.45) is 8.11. The van der Waals surface area contributed by atoms with Crippen LogP contribution in [-0.2, 0) is 4.74 Å². The molecule has 0 rings (SSSR count). The molecule has 0 spiro atoms. The van der Waals surface area contributed by atoms with Crippen LogP contribution < -0.4 is 0 Å². The average Bonchev–Trinajstić information content (AvgIpc) is 2.17. The van der Waals surface area contributed by atoms with Crippen LogP contribution >= 0.6 is 0 Å². The number of hydrogen-bond donors (Lipinski definition) is 0. The Morgan fingerprint density at radius 1 is 1.20 bits per heavy atom. The molecule has 0 amide bonds. The minimum absolute atomic E-state index is 0.777. The molecule has 0 N–H and O–H groups in total. The molecule has 0 bridgehead atoms. The van der Waals surface area contributed by atoms with Crippen LogP contribution in [0.1, 0.15) is 52.9 Å². The first kappa shape index (κ1) is 14.4. The smallest absolute Gasteiger partial charge is 0.0649 e. The highest BCUT2D eigenvalue weighted by molar-refractivity contribution is 4.99. The Balaban J connectivity index is 3.39. The Morgan fingerprint density at radius 2 is 1.93 bits per heavy atom. The van der Waals surface area contributed by atoms with Crippen LogP contribution in [0.2, 0.25) is 0 Å². The lowest BCUT2D eigenvalue weighted by Crippen LogP contribution is -1.94. The minimum Gasteiger partial charge on any atom is -0.377 e. The Labute approximate surface area is 95.2 Å². The highest BCUT2D eigenvalue weighted by Crippen LogP contribution is 2.10. The van der Waals surface area contributed by atoms with Gasteiger partial charge in [-0.25, -0.2) is 0 Å². The van der Waals surface area contributed by atoms with Crippen molar-refractivity contribution in [2.24, 2.45) is 0 Å². The van der Waals surface area contributed by atoms with Crippen LogP contribution in [0, 0.1) is 0 Å². The Hall–Kier alpha value is -0.560. The van der Waals surface area contributed by atoms with Gasteiger partial charge in [0.1, 0.15) is 0 Å². The second-order valence-electron chi connectivity index (χ2n) is 4.29. The maximum absolute atomic E-state index is 5.48. The molecule has 0 fully saturated rings. The summed E-state index contributed by atoms with van der Waals surface area (Å²) in [5.74, 6) is 0. The molecular weight excluding hydrogens is 184 g/mol. The maximum Gasteiger partial charge on any atom is 0.0649 e. The lowest BCUT2D eigenvalue weighted by molar-refractivity contribution is 0.158. The van der Waals surface area contributed by atoms with Gasteiger partial charge in [-0.15, -0.1) is 6.58 Å². The van der Waals surface area contributed by atoms with Gasteiger partial charge in [0.25, 0.3) is 0 Å². The molecule has 1 heteroatoms. The fourth-order valence-electron chi connectivity index (χ4n) is 1.30. The lowest BCUT2D eigenvalue weighted by atomic mass is 10.1. The second kappa shape index (κ2) is 9.97. The summed E-state index contributed by atoms with van der Waals surface area (Å²) in [4.78, 5) is 0. The third kappa shape index (κ3) is 11.4. The number of allylic oxidation sites excluding steroid dienone is 2. The van der Waals surface area contributed by atoms with E-state index in [1.807, 2.05) is 0 Å². The summed E-state index contributed by atoms with van der Waals surface area (Å²) in [5, 5.41) is 0. The molecule has 1 nitrogen and oxygen atoms in total. The number of hydrogen-bond acceptors (Lipinski definition) is 1. The van der Waals surface area contributed by atoms with Gasteiger partial charge >= 0.3 is 0 Å². The molecule has 0 aliphatic rings. The summed E-state index contributed by atoms with van der Waals surface area (Å²) in [7, 11) is 0. The van der Waals surface area contributed by atoms with Gasteiger partial charge in [0.05, 0.1) is 6.61 Å². The van der Waals surface area contributed by atoms with Crippen molar-refractivity contribution in [3.05, 3.63) is 23.8 Å². The van der Waals surface area contributed by atoms with Crippen molar-refractivity contribution in [1.29, 1.82) is 0 Å². The van der Waals surface area contributed by atoms with E-state index in [-0.39, 0.29) is 0 Å². The van der Waals surface area contributed by atoms with Gasteiger partial charge in [-0.3, -0.25) is 0 Å². The molecule has 0 saturated carbocycles. The number of ether oxygens (including phenoxy) is 1. The molecule has 0 aromatic carbocycles. The zero-order chi connectivity index (χ0) is 11.5. The zero-order valence-corrected chi connectivity index (χ0v) is 10.6. The van der Waals surface area contributed by atoms with E-state index in [9.17, 15) is 0 Å². The van der Waals surface area contributed by atoms with Crippen molar-refractivity contribution in [2.45, 2.75) is 52.9 Å². The average molecular weight is 210 g/mol. The van der Waals surface area contributed by atoms with Crippen molar-refractivity contribution in [3.8, 4) is 0 Å². The first-order chi connectivity index (χ1) is 7.16. The predicted molar refractivity (Wildman–Crippen MR) is 68.1 cm³/mol. The monoisotopic (exact) mass is 210 g/mol. The molecule has 88 valence electrons. The van der Waals surface area contributed by atoms with Crippen molar-refractivity contribution in [3.63, 3.8) is 0 Å². The zero-order valence-electron chi connectivity index (χ0n) is 10.6. The molecular formula is C14H26O. The van der Waals surface area contributed by atoms with E-state index in [0.29, 0.717) is 0 Å². The maximum atomic E-state index is 5.48. The molecule has 0 aromatic rings. The Morgan fingerprint density at radius 3 is 2.53 bits per heavy atom. The molecule has 0 aromatic heterocycles. The van der Waals surface area contributed by atoms with Gasteiger partial charge in [-0.2, -0.15) is 0 Å². The predicted octanol–water partition coefficient (Wildman–Crippen LogP) is 4.50. The first-order valence-corrected chi connectivity index (χ1v) is 6.04. The summed E-state index contributed by atoms with van der Waals surface area (Å²) < 4.78 is 5.48.